The lowest BCUT2D eigenvalue weighted by atomic mass is 10.1. The molecule has 2 aromatic rings. The van der Waals surface area contributed by atoms with Crippen LogP contribution in [0, 0.1) is 0 Å². The van der Waals surface area contributed by atoms with E-state index in [0.717, 1.165) is 25.0 Å². The first-order valence-corrected chi connectivity index (χ1v) is 9.02. The molecule has 1 saturated heterocycles. The summed E-state index contributed by atoms with van der Waals surface area (Å²) in [5.41, 5.74) is 1.76. The van der Waals surface area contributed by atoms with E-state index in [4.69, 9.17) is 4.74 Å². The molecule has 136 valence electrons. The third-order valence-electron chi connectivity index (χ3n) is 4.43. The van der Waals surface area contributed by atoms with Gasteiger partial charge in [0.25, 0.3) is 5.91 Å². The van der Waals surface area contributed by atoms with Gasteiger partial charge in [-0.25, -0.2) is 4.98 Å². The number of carbonyl (C=O) groups is 1. The normalized spacial score (nSPS) is 16.7. The number of nitrogens with one attached hydrogen (secondary N) is 1. The first kappa shape index (κ1) is 18.1. The van der Waals surface area contributed by atoms with Crippen LogP contribution in [0.15, 0.2) is 54.7 Å². The van der Waals surface area contributed by atoms with E-state index in [2.05, 4.69) is 10.3 Å². The largest absolute Gasteiger partial charge is 0.376 e. The molecule has 0 radical (unpaired) electrons. The second kappa shape index (κ2) is 9.15. The van der Waals surface area contributed by atoms with Crippen molar-refractivity contribution in [2.75, 3.05) is 32.1 Å². The first-order chi connectivity index (χ1) is 12.8. The van der Waals surface area contributed by atoms with Gasteiger partial charge in [0.15, 0.2) is 0 Å². The summed E-state index contributed by atoms with van der Waals surface area (Å²) in [6.45, 7) is 1.94. The van der Waals surface area contributed by atoms with Gasteiger partial charge in [-0.15, -0.1) is 0 Å². The van der Waals surface area contributed by atoms with Crippen molar-refractivity contribution in [3.05, 3.63) is 65.9 Å². The van der Waals surface area contributed by atoms with E-state index in [1.807, 2.05) is 47.4 Å². The highest BCUT2D eigenvalue weighted by Gasteiger charge is 2.23. The van der Waals surface area contributed by atoms with Crippen LogP contribution in [0.1, 0.15) is 28.8 Å². The number of anilines is 1. The number of pyridine rings is 1. The number of carbonyl (C=O) groups excluding carboxylic acids is 1. The van der Waals surface area contributed by atoms with Crippen molar-refractivity contribution in [1.29, 1.82) is 0 Å². The van der Waals surface area contributed by atoms with Gasteiger partial charge in [-0.2, -0.15) is 0 Å². The second-order valence-electron chi connectivity index (χ2n) is 6.34. The fourth-order valence-corrected chi connectivity index (χ4v) is 3.04. The molecule has 0 bridgehead atoms. The van der Waals surface area contributed by atoms with Crippen molar-refractivity contribution >= 4 is 17.8 Å². The van der Waals surface area contributed by atoms with Crippen molar-refractivity contribution in [2.24, 2.45) is 0 Å². The lowest BCUT2D eigenvalue weighted by molar-refractivity contribution is 0.0554. The van der Waals surface area contributed by atoms with E-state index in [0.29, 0.717) is 24.5 Å². The summed E-state index contributed by atoms with van der Waals surface area (Å²) in [5.74, 6) is 0.685. The Morgan fingerprint density at radius 2 is 2.19 bits per heavy atom. The molecule has 0 aliphatic carbocycles. The topological polar surface area (TPSA) is 54.5 Å². The van der Waals surface area contributed by atoms with Crippen LogP contribution in [0.3, 0.4) is 0 Å². The summed E-state index contributed by atoms with van der Waals surface area (Å²) in [6.07, 6.45) is 7.91. The predicted octanol–water partition coefficient (Wildman–Crippen LogP) is 3.46. The summed E-state index contributed by atoms with van der Waals surface area (Å²) in [5, 5.41) is 2.98. The minimum absolute atomic E-state index is 0.00267. The lowest BCUT2D eigenvalue weighted by Crippen LogP contribution is -2.37. The average Bonchev–Trinajstić information content (AvgIpc) is 3.21. The molecule has 1 N–H and O–H groups in total. The molecular formula is C21H25N3O2. The number of hydrogen-bond acceptors (Lipinski definition) is 4. The molecule has 1 aliphatic heterocycles. The molecular weight excluding hydrogens is 326 g/mol. The van der Waals surface area contributed by atoms with Gasteiger partial charge in [-0.05, 0) is 30.5 Å². The van der Waals surface area contributed by atoms with Gasteiger partial charge in [0.2, 0.25) is 0 Å². The molecule has 1 atom stereocenters. The lowest BCUT2D eigenvalue weighted by Gasteiger charge is -2.24. The fourth-order valence-electron chi connectivity index (χ4n) is 3.04. The number of hydrogen-bond donors (Lipinski definition) is 1. The van der Waals surface area contributed by atoms with Gasteiger partial charge < -0.3 is 15.0 Å². The van der Waals surface area contributed by atoms with Crippen molar-refractivity contribution in [1.82, 2.24) is 9.88 Å². The van der Waals surface area contributed by atoms with Crippen molar-refractivity contribution in [2.45, 2.75) is 18.9 Å². The number of amides is 1. The maximum Gasteiger partial charge on any atom is 0.254 e. The molecule has 0 unspecified atom stereocenters. The maximum absolute atomic E-state index is 13.0. The Bertz CT molecular complexity index is 740. The zero-order valence-corrected chi connectivity index (χ0v) is 15.1. The second-order valence-corrected chi connectivity index (χ2v) is 6.34. The van der Waals surface area contributed by atoms with Crippen LogP contribution in [0.4, 0.5) is 5.82 Å². The van der Waals surface area contributed by atoms with E-state index in [1.165, 1.54) is 0 Å². The fraction of sp³-hybridized carbons (Fsp3) is 0.333. The number of benzene rings is 1. The number of rotatable bonds is 7. The van der Waals surface area contributed by atoms with Crippen LogP contribution < -0.4 is 5.32 Å². The molecule has 26 heavy (non-hydrogen) atoms. The molecule has 3 rings (SSSR count). The van der Waals surface area contributed by atoms with Crippen molar-refractivity contribution in [3.63, 3.8) is 0 Å². The van der Waals surface area contributed by atoms with Crippen LogP contribution in [-0.4, -0.2) is 48.6 Å². The van der Waals surface area contributed by atoms with E-state index in [9.17, 15) is 4.79 Å². The summed E-state index contributed by atoms with van der Waals surface area (Å²) in [7, 11) is 1.79. The van der Waals surface area contributed by atoms with Crippen LogP contribution >= 0.6 is 0 Å². The van der Waals surface area contributed by atoms with Crippen molar-refractivity contribution in [3.8, 4) is 0 Å². The summed E-state index contributed by atoms with van der Waals surface area (Å²) in [4.78, 5) is 19.1. The molecule has 5 heteroatoms. The summed E-state index contributed by atoms with van der Waals surface area (Å²) in [6, 6.07) is 13.6. The molecule has 1 amide bonds. The predicted molar refractivity (Wildman–Crippen MR) is 104 cm³/mol. The van der Waals surface area contributed by atoms with E-state index < -0.39 is 0 Å². The zero-order chi connectivity index (χ0) is 18.2. The Hall–Kier alpha value is -2.66. The molecule has 2 heterocycles. The molecule has 0 saturated carbocycles. The maximum atomic E-state index is 13.0. The monoisotopic (exact) mass is 351 g/mol. The number of aromatic nitrogens is 1. The number of nitrogens with zero attached hydrogens (tertiary/aromatic N) is 2. The van der Waals surface area contributed by atoms with Gasteiger partial charge in [0.1, 0.15) is 5.82 Å². The smallest absolute Gasteiger partial charge is 0.254 e. The van der Waals surface area contributed by atoms with Gasteiger partial charge in [-0.1, -0.05) is 42.5 Å². The van der Waals surface area contributed by atoms with Gasteiger partial charge in [0.05, 0.1) is 6.10 Å². The highest BCUT2D eigenvalue weighted by atomic mass is 16.5. The number of ether oxygens (including phenoxy) is 1. The summed E-state index contributed by atoms with van der Waals surface area (Å²) < 4.78 is 5.74. The van der Waals surface area contributed by atoms with Crippen LogP contribution in [0.2, 0.25) is 0 Å². The molecule has 1 aliphatic rings. The molecule has 1 fully saturated rings. The minimum atomic E-state index is -0.00267. The third kappa shape index (κ3) is 4.92. The van der Waals surface area contributed by atoms with Crippen LogP contribution in [-0.2, 0) is 4.74 Å². The Labute approximate surface area is 154 Å². The van der Waals surface area contributed by atoms with Crippen molar-refractivity contribution < 1.29 is 9.53 Å². The first-order valence-electron chi connectivity index (χ1n) is 9.02. The van der Waals surface area contributed by atoms with E-state index in [-0.39, 0.29) is 12.0 Å². The van der Waals surface area contributed by atoms with E-state index in [1.54, 1.807) is 25.4 Å². The third-order valence-corrected chi connectivity index (χ3v) is 4.43. The van der Waals surface area contributed by atoms with Gasteiger partial charge in [0, 0.05) is 38.5 Å². The van der Waals surface area contributed by atoms with E-state index >= 15 is 0 Å². The average molecular weight is 351 g/mol. The highest BCUT2D eigenvalue weighted by Crippen LogP contribution is 2.16. The molecule has 5 nitrogen and oxygen atoms in total. The highest BCUT2D eigenvalue weighted by molar-refractivity contribution is 5.95. The quantitative estimate of drug-likeness (QED) is 0.830. The molecule has 0 spiro atoms. The minimum Gasteiger partial charge on any atom is -0.376 e. The Balaban J connectivity index is 1.73. The zero-order valence-electron chi connectivity index (χ0n) is 15.1. The Morgan fingerprint density at radius 3 is 2.92 bits per heavy atom. The Kier molecular flexibility index (Phi) is 6.39. The molecule has 1 aromatic heterocycles. The van der Waals surface area contributed by atoms with Crippen LogP contribution in [0.25, 0.3) is 6.08 Å². The SMILES string of the molecule is CNc1cc(C(=O)N(C/C=C/c2ccccc2)C[C@H]2CCCO2)ccn1. The van der Waals surface area contributed by atoms with Gasteiger partial charge in [-0.3, -0.25) is 4.79 Å². The van der Waals surface area contributed by atoms with Gasteiger partial charge >= 0.3 is 0 Å². The Morgan fingerprint density at radius 1 is 1.35 bits per heavy atom. The molecule has 1 aromatic carbocycles. The standard InChI is InChI=1S/C21H25N3O2/c1-22-20-15-18(11-12-23-20)21(25)24(16-19-10-6-14-26-19)13-5-9-17-7-3-2-4-8-17/h2-5,7-9,11-12,15,19H,6,10,13-14,16H2,1H3,(H,22,23)/b9-5+/t19-/m1/s1. The van der Waals surface area contributed by atoms with Crippen LogP contribution in [0.5, 0.6) is 0 Å². The summed E-state index contributed by atoms with van der Waals surface area (Å²) >= 11 is 0.